The first-order valence-corrected chi connectivity index (χ1v) is 7.17. The number of nitrogens with zero attached hydrogens (tertiary/aromatic N) is 1. The summed E-state index contributed by atoms with van der Waals surface area (Å²) >= 11 is 0. The number of hydrogen-bond donors (Lipinski definition) is 1. The summed E-state index contributed by atoms with van der Waals surface area (Å²) in [7, 11) is 0. The van der Waals surface area contributed by atoms with Gasteiger partial charge in [0.05, 0.1) is 5.56 Å². The number of piperidine rings is 1. The summed E-state index contributed by atoms with van der Waals surface area (Å²) in [6, 6.07) is 5.49. The minimum absolute atomic E-state index is 0.0304. The van der Waals surface area contributed by atoms with Gasteiger partial charge < -0.3 is 20.1 Å². The van der Waals surface area contributed by atoms with Crippen LogP contribution in [0, 0.1) is 5.92 Å². The summed E-state index contributed by atoms with van der Waals surface area (Å²) in [5.41, 5.74) is 6.29. The Labute approximate surface area is 118 Å². The zero-order chi connectivity index (χ0) is 13.9. The molecule has 2 heterocycles. The van der Waals surface area contributed by atoms with Crippen molar-refractivity contribution in [2.45, 2.75) is 12.8 Å². The van der Waals surface area contributed by atoms with Gasteiger partial charge >= 0.3 is 0 Å². The molecular formula is C15H20N2O3. The molecule has 0 radical (unpaired) electrons. The number of ether oxygens (including phenoxy) is 2. The molecule has 0 aliphatic carbocycles. The van der Waals surface area contributed by atoms with Gasteiger partial charge in [-0.3, -0.25) is 4.79 Å². The quantitative estimate of drug-likeness (QED) is 0.883. The summed E-state index contributed by atoms with van der Waals surface area (Å²) in [6.07, 6.45) is 1.96. The van der Waals surface area contributed by atoms with Crippen LogP contribution in [0.15, 0.2) is 18.2 Å². The maximum atomic E-state index is 12.6. The molecule has 108 valence electrons. The van der Waals surface area contributed by atoms with Gasteiger partial charge in [0, 0.05) is 13.1 Å². The van der Waals surface area contributed by atoms with Crippen LogP contribution >= 0.6 is 0 Å². The van der Waals surface area contributed by atoms with E-state index in [4.69, 9.17) is 15.2 Å². The summed E-state index contributed by atoms with van der Waals surface area (Å²) in [4.78, 5) is 14.5. The predicted molar refractivity (Wildman–Crippen MR) is 75.1 cm³/mol. The molecule has 1 saturated heterocycles. The van der Waals surface area contributed by atoms with Crippen molar-refractivity contribution in [1.82, 2.24) is 4.90 Å². The number of rotatable bonds is 2. The van der Waals surface area contributed by atoms with E-state index >= 15 is 0 Å². The zero-order valence-electron chi connectivity index (χ0n) is 11.5. The summed E-state index contributed by atoms with van der Waals surface area (Å²) in [5, 5.41) is 0. The van der Waals surface area contributed by atoms with Crippen LogP contribution in [0.3, 0.4) is 0 Å². The molecule has 0 spiro atoms. The van der Waals surface area contributed by atoms with Crippen LogP contribution in [0.5, 0.6) is 11.5 Å². The Hall–Kier alpha value is -1.75. The second-order valence-corrected chi connectivity index (χ2v) is 5.30. The highest BCUT2D eigenvalue weighted by Gasteiger charge is 2.27. The first kappa shape index (κ1) is 13.2. The lowest BCUT2D eigenvalue weighted by molar-refractivity contribution is 0.0683. The van der Waals surface area contributed by atoms with Crippen molar-refractivity contribution >= 4 is 5.91 Å². The van der Waals surface area contributed by atoms with Gasteiger partial charge in [0.2, 0.25) is 0 Å². The number of carbonyl (C=O) groups excluding carboxylic acids is 1. The highest BCUT2D eigenvalue weighted by Crippen LogP contribution is 2.34. The molecule has 5 heteroatoms. The number of para-hydroxylation sites is 1. The number of nitrogens with two attached hydrogens (primary N) is 1. The molecule has 0 saturated carbocycles. The average Bonchev–Trinajstić information content (AvgIpc) is 2.54. The van der Waals surface area contributed by atoms with Crippen molar-refractivity contribution in [3.63, 3.8) is 0 Å². The normalized spacial score (nSPS) is 18.9. The molecule has 0 unspecified atom stereocenters. The molecular weight excluding hydrogens is 256 g/mol. The van der Waals surface area contributed by atoms with Gasteiger partial charge in [-0.2, -0.15) is 0 Å². The minimum Gasteiger partial charge on any atom is -0.486 e. The van der Waals surface area contributed by atoms with Crippen LogP contribution in [-0.2, 0) is 0 Å². The molecule has 2 N–H and O–H groups in total. The lowest BCUT2D eigenvalue weighted by Gasteiger charge is -2.32. The van der Waals surface area contributed by atoms with E-state index in [-0.39, 0.29) is 5.91 Å². The summed E-state index contributed by atoms with van der Waals surface area (Å²) in [6.45, 7) is 3.27. The van der Waals surface area contributed by atoms with Crippen LogP contribution in [0.25, 0.3) is 0 Å². The van der Waals surface area contributed by atoms with Crippen LogP contribution in [-0.4, -0.2) is 43.7 Å². The number of fused-ring (bicyclic) bond motifs is 1. The Morgan fingerprint density at radius 3 is 2.75 bits per heavy atom. The molecule has 1 aromatic carbocycles. The van der Waals surface area contributed by atoms with Crippen molar-refractivity contribution in [3.05, 3.63) is 23.8 Å². The first-order valence-electron chi connectivity index (χ1n) is 7.17. The Morgan fingerprint density at radius 2 is 2.00 bits per heavy atom. The van der Waals surface area contributed by atoms with E-state index in [2.05, 4.69) is 0 Å². The lowest BCUT2D eigenvalue weighted by atomic mass is 9.96. The minimum atomic E-state index is 0.0304. The maximum Gasteiger partial charge on any atom is 0.257 e. The Bertz CT molecular complexity index is 496. The van der Waals surface area contributed by atoms with Crippen LogP contribution in [0.4, 0.5) is 0 Å². The van der Waals surface area contributed by atoms with Gasteiger partial charge in [0.1, 0.15) is 13.2 Å². The van der Waals surface area contributed by atoms with Gasteiger partial charge in [-0.1, -0.05) is 6.07 Å². The van der Waals surface area contributed by atoms with E-state index in [0.29, 0.717) is 42.7 Å². The topological polar surface area (TPSA) is 64.8 Å². The van der Waals surface area contributed by atoms with Crippen molar-refractivity contribution < 1.29 is 14.3 Å². The second-order valence-electron chi connectivity index (χ2n) is 5.30. The largest absolute Gasteiger partial charge is 0.486 e. The number of carbonyl (C=O) groups is 1. The smallest absolute Gasteiger partial charge is 0.257 e. The van der Waals surface area contributed by atoms with E-state index in [1.807, 2.05) is 23.1 Å². The average molecular weight is 276 g/mol. The fraction of sp³-hybridized carbons (Fsp3) is 0.533. The van der Waals surface area contributed by atoms with Crippen molar-refractivity contribution in [3.8, 4) is 11.5 Å². The standard InChI is InChI=1S/C15H20N2O3/c16-10-11-4-6-17(7-5-11)15(18)12-2-1-3-13-14(12)20-9-8-19-13/h1-3,11H,4-10,16H2. The Balaban J connectivity index is 1.78. The summed E-state index contributed by atoms with van der Waals surface area (Å²) in [5.74, 6) is 1.83. The molecule has 3 rings (SSSR count). The van der Waals surface area contributed by atoms with Crippen LogP contribution in [0.2, 0.25) is 0 Å². The number of likely N-dealkylation sites (tertiary alicyclic amines) is 1. The molecule has 1 fully saturated rings. The highest BCUT2D eigenvalue weighted by molar-refractivity contribution is 5.98. The van der Waals surface area contributed by atoms with Gasteiger partial charge in [-0.25, -0.2) is 0 Å². The third kappa shape index (κ3) is 2.45. The molecule has 0 aromatic heterocycles. The van der Waals surface area contributed by atoms with Gasteiger partial charge in [-0.15, -0.1) is 0 Å². The molecule has 1 amide bonds. The predicted octanol–water partition coefficient (Wildman–Crippen LogP) is 1.27. The molecule has 5 nitrogen and oxygen atoms in total. The molecule has 0 atom stereocenters. The number of hydrogen-bond acceptors (Lipinski definition) is 4. The highest BCUT2D eigenvalue weighted by atomic mass is 16.6. The van der Waals surface area contributed by atoms with Crippen molar-refractivity contribution in [2.24, 2.45) is 11.7 Å². The first-order chi connectivity index (χ1) is 9.79. The van der Waals surface area contributed by atoms with E-state index in [1.54, 1.807) is 0 Å². The van der Waals surface area contributed by atoms with Crippen LogP contribution in [0.1, 0.15) is 23.2 Å². The summed E-state index contributed by atoms with van der Waals surface area (Å²) < 4.78 is 11.1. The van der Waals surface area contributed by atoms with Gasteiger partial charge in [0.15, 0.2) is 11.5 Å². The molecule has 1 aromatic rings. The van der Waals surface area contributed by atoms with E-state index < -0.39 is 0 Å². The van der Waals surface area contributed by atoms with E-state index in [1.165, 1.54) is 0 Å². The fourth-order valence-electron chi connectivity index (χ4n) is 2.78. The molecule has 2 aliphatic heterocycles. The molecule has 0 bridgehead atoms. The SMILES string of the molecule is NCC1CCN(C(=O)c2cccc3c2OCCO3)CC1. The maximum absolute atomic E-state index is 12.6. The molecule has 20 heavy (non-hydrogen) atoms. The Kier molecular flexibility index (Phi) is 3.78. The zero-order valence-corrected chi connectivity index (χ0v) is 11.5. The van der Waals surface area contributed by atoms with Crippen molar-refractivity contribution in [2.75, 3.05) is 32.8 Å². The van der Waals surface area contributed by atoms with Gasteiger partial charge in [-0.05, 0) is 37.4 Å². The van der Waals surface area contributed by atoms with Crippen molar-refractivity contribution in [1.29, 1.82) is 0 Å². The molecule has 2 aliphatic rings. The number of benzene rings is 1. The lowest BCUT2D eigenvalue weighted by Crippen LogP contribution is -2.40. The second kappa shape index (κ2) is 5.71. The monoisotopic (exact) mass is 276 g/mol. The third-order valence-corrected chi connectivity index (χ3v) is 4.03. The van der Waals surface area contributed by atoms with E-state index in [0.717, 1.165) is 25.9 Å². The van der Waals surface area contributed by atoms with Gasteiger partial charge in [0.25, 0.3) is 5.91 Å². The third-order valence-electron chi connectivity index (χ3n) is 4.03. The van der Waals surface area contributed by atoms with E-state index in [9.17, 15) is 4.79 Å². The fourth-order valence-corrected chi connectivity index (χ4v) is 2.78. The number of amides is 1. The Morgan fingerprint density at radius 1 is 1.25 bits per heavy atom. The van der Waals surface area contributed by atoms with Crippen LogP contribution < -0.4 is 15.2 Å².